The molecule has 2 aromatic heterocycles. The minimum absolute atomic E-state index is 0.317. The second-order valence-corrected chi connectivity index (χ2v) is 5.41. The van der Waals surface area contributed by atoms with Crippen LogP contribution in [-0.2, 0) is 0 Å². The van der Waals surface area contributed by atoms with Crippen molar-refractivity contribution in [2.75, 3.05) is 17.2 Å². The number of aliphatic hydroxyl groups is 1. The number of hydrogen-bond acceptors (Lipinski definition) is 6. The van der Waals surface area contributed by atoms with Crippen LogP contribution in [0.25, 0.3) is 0 Å². The molecule has 0 aliphatic carbocycles. The summed E-state index contributed by atoms with van der Waals surface area (Å²) in [5, 5.41) is 16.4. The highest BCUT2D eigenvalue weighted by atomic mass is 16.3. The lowest BCUT2D eigenvalue weighted by atomic mass is 10.2. The SMILES string of the molecule is Cc1ccc(Nc2nccc(NCC(O)c3ccccn3)n2)cc1. The number of nitrogens with one attached hydrogen (secondary N) is 2. The van der Waals surface area contributed by atoms with Crippen LogP contribution in [0.3, 0.4) is 0 Å². The van der Waals surface area contributed by atoms with Gasteiger partial charge in [-0.15, -0.1) is 0 Å². The summed E-state index contributed by atoms with van der Waals surface area (Å²) in [4.78, 5) is 12.7. The fourth-order valence-corrected chi connectivity index (χ4v) is 2.16. The molecule has 1 atom stereocenters. The molecule has 1 aromatic carbocycles. The van der Waals surface area contributed by atoms with E-state index in [2.05, 4.69) is 25.6 Å². The van der Waals surface area contributed by atoms with Crippen molar-refractivity contribution in [1.82, 2.24) is 15.0 Å². The number of pyridine rings is 1. The third-order valence-electron chi connectivity index (χ3n) is 3.47. The summed E-state index contributed by atoms with van der Waals surface area (Å²) >= 11 is 0. The quantitative estimate of drug-likeness (QED) is 0.647. The maximum absolute atomic E-state index is 10.1. The monoisotopic (exact) mass is 321 g/mol. The van der Waals surface area contributed by atoms with Crippen LogP contribution in [0.2, 0.25) is 0 Å². The number of anilines is 3. The minimum atomic E-state index is -0.699. The first-order valence-electron chi connectivity index (χ1n) is 7.70. The molecule has 0 amide bonds. The maximum Gasteiger partial charge on any atom is 0.229 e. The Morgan fingerprint density at radius 1 is 1.00 bits per heavy atom. The van der Waals surface area contributed by atoms with Gasteiger partial charge in [-0.3, -0.25) is 4.98 Å². The van der Waals surface area contributed by atoms with E-state index in [4.69, 9.17) is 0 Å². The third kappa shape index (κ3) is 4.27. The van der Waals surface area contributed by atoms with E-state index in [1.54, 1.807) is 24.5 Å². The number of aromatic nitrogens is 3. The van der Waals surface area contributed by atoms with E-state index in [0.29, 0.717) is 24.0 Å². The molecule has 0 fully saturated rings. The second-order valence-electron chi connectivity index (χ2n) is 5.41. The maximum atomic E-state index is 10.1. The zero-order chi connectivity index (χ0) is 16.8. The zero-order valence-corrected chi connectivity index (χ0v) is 13.3. The zero-order valence-electron chi connectivity index (χ0n) is 13.3. The Bertz CT molecular complexity index is 777. The molecule has 0 saturated heterocycles. The Morgan fingerprint density at radius 3 is 2.58 bits per heavy atom. The van der Waals surface area contributed by atoms with Gasteiger partial charge in [0.2, 0.25) is 5.95 Å². The molecule has 0 aliphatic heterocycles. The summed E-state index contributed by atoms with van der Waals surface area (Å²) in [6, 6.07) is 15.2. The first-order chi connectivity index (χ1) is 11.7. The molecule has 1 unspecified atom stereocenters. The molecule has 0 bridgehead atoms. The van der Waals surface area contributed by atoms with Crippen LogP contribution < -0.4 is 10.6 Å². The Morgan fingerprint density at radius 2 is 1.83 bits per heavy atom. The molecule has 2 heterocycles. The van der Waals surface area contributed by atoms with Crippen LogP contribution in [0.15, 0.2) is 60.9 Å². The molecule has 6 nitrogen and oxygen atoms in total. The predicted octanol–water partition coefficient (Wildman–Crippen LogP) is 3.07. The second kappa shape index (κ2) is 7.52. The number of hydrogen-bond donors (Lipinski definition) is 3. The Kier molecular flexibility index (Phi) is 4.98. The van der Waals surface area contributed by atoms with Crippen molar-refractivity contribution in [2.45, 2.75) is 13.0 Å². The molecule has 0 saturated carbocycles. The van der Waals surface area contributed by atoms with E-state index < -0.39 is 6.10 Å². The third-order valence-corrected chi connectivity index (χ3v) is 3.47. The van der Waals surface area contributed by atoms with E-state index in [1.165, 1.54) is 5.56 Å². The lowest BCUT2D eigenvalue weighted by Gasteiger charge is -2.12. The largest absolute Gasteiger partial charge is 0.385 e. The van der Waals surface area contributed by atoms with Gasteiger partial charge in [-0.1, -0.05) is 23.8 Å². The van der Waals surface area contributed by atoms with Gasteiger partial charge in [0.1, 0.15) is 11.9 Å². The Hall–Kier alpha value is -2.99. The van der Waals surface area contributed by atoms with Gasteiger partial charge >= 0.3 is 0 Å². The summed E-state index contributed by atoms with van der Waals surface area (Å²) < 4.78 is 0. The normalized spacial score (nSPS) is 11.8. The van der Waals surface area contributed by atoms with Crippen LogP contribution >= 0.6 is 0 Å². The van der Waals surface area contributed by atoms with Gasteiger partial charge in [0, 0.05) is 24.6 Å². The molecule has 24 heavy (non-hydrogen) atoms. The van der Waals surface area contributed by atoms with Gasteiger partial charge in [-0.05, 0) is 37.3 Å². The number of benzene rings is 1. The molecule has 0 aliphatic rings. The predicted molar refractivity (Wildman–Crippen MR) is 94.2 cm³/mol. The molecule has 0 radical (unpaired) electrons. The number of nitrogens with zero attached hydrogens (tertiary/aromatic N) is 3. The smallest absolute Gasteiger partial charge is 0.229 e. The molecule has 3 N–H and O–H groups in total. The average molecular weight is 321 g/mol. The van der Waals surface area contributed by atoms with Crippen molar-refractivity contribution >= 4 is 17.5 Å². The number of aryl methyl sites for hydroxylation is 1. The van der Waals surface area contributed by atoms with E-state index in [9.17, 15) is 5.11 Å². The van der Waals surface area contributed by atoms with Gasteiger partial charge in [0.05, 0.1) is 5.69 Å². The van der Waals surface area contributed by atoms with Crippen LogP contribution in [0.1, 0.15) is 17.4 Å². The van der Waals surface area contributed by atoms with Gasteiger partial charge in [0.25, 0.3) is 0 Å². The van der Waals surface area contributed by atoms with Gasteiger partial charge in [0.15, 0.2) is 0 Å². The molecular weight excluding hydrogens is 302 g/mol. The van der Waals surface area contributed by atoms with Crippen molar-refractivity contribution in [1.29, 1.82) is 0 Å². The van der Waals surface area contributed by atoms with Crippen molar-refractivity contribution in [3.05, 3.63) is 72.2 Å². The highest BCUT2D eigenvalue weighted by Crippen LogP contribution is 2.16. The lowest BCUT2D eigenvalue weighted by molar-refractivity contribution is 0.186. The molecule has 3 aromatic rings. The van der Waals surface area contributed by atoms with E-state index in [0.717, 1.165) is 5.69 Å². The molecule has 0 spiro atoms. The minimum Gasteiger partial charge on any atom is -0.385 e. The van der Waals surface area contributed by atoms with Gasteiger partial charge in [-0.2, -0.15) is 4.98 Å². The van der Waals surface area contributed by atoms with Crippen molar-refractivity contribution in [3.8, 4) is 0 Å². The highest BCUT2D eigenvalue weighted by molar-refractivity contribution is 5.55. The average Bonchev–Trinajstić information content (AvgIpc) is 2.63. The van der Waals surface area contributed by atoms with Crippen molar-refractivity contribution < 1.29 is 5.11 Å². The molecule has 3 rings (SSSR count). The van der Waals surface area contributed by atoms with Crippen molar-refractivity contribution in [3.63, 3.8) is 0 Å². The summed E-state index contributed by atoms with van der Waals surface area (Å²) in [5.74, 6) is 1.13. The number of aliphatic hydroxyl groups excluding tert-OH is 1. The van der Waals surface area contributed by atoms with Crippen molar-refractivity contribution in [2.24, 2.45) is 0 Å². The summed E-state index contributed by atoms with van der Waals surface area (Å²) in [7, 11) is 0. The molecular formula is C18H19N5O. The van der Waals surface area contributed by atoms with E-state index >= 15 is 0 Å². The summed E-state index contributed by atoms with van der Waals surface area (Å²) in [6.07, 6.45) is 2.63. The van der Waals surface area contributed by atoms with E-state index in [1.807, 2.05) is 43.3 Å². The summed E-state index contributed by atoms with van der Waals surface area (Å²) in [5.41, 5.74) is 2.74. The number of rotatable bonds is 6. The Labute approximate surface area is 140 Å². The van der Waals surface area contributed by atoms with Crippen LogP contribution in [0.4, 0.5) is 17.5 Å². The fourth-order valence-electron chi connectivity index (χ4n) is 2.16. The molecule has 122 valence electrons. The topological polar surface area (TPSA) is 83.0 Å². The molecule has 6 heteroatoms. The lowest BCUT2D eigenvalue weighted by Crippen LogP contribution is -2.14. The summed E-state index contributed by atoms with van der Waals surface area (Å²) in [6.45, 7) is 2.36. The highest BCUT2D eigenvalue weighted by Gasteiger charge is 2.08. The van der Waals surface area contributed by atoms with Gasteiger partial charge < -0.3 is 15.7 Å². The fraction of sp³-hybridized carbons (Fsp3) is 0.167. The van der Waals surface area contributed by atoms with Crippen LogP contribution in [-0.4, -0.2) is 26.6 Å². The van der Waals surface area contributed by atoms with Gasteiger partial charge in [-0.25, -0.2) is 4.98 Å². The van der Waals surface area contributed by atoms with E-state index in [-0.39, 0.29) is 0 Å². The Balaban J connectivity index is 1.62. The first kappa shape index (κ1) is 15.9. The standard InChI is InChI=1S/C18H19N5O/c1-13-5-7-14(8-6-13)22-18-20-11-9-17(23-18)21-12-16(24)15-4-2-3-10-19-15/h2-11,16,24H,12H2,1H3,(H2,20,21,22,23). The van der Waals surface area contributed by atoms with Crippen LogP contribution in [0.5, 0.6) is 0 Å². The van der Waals surface area contributed by atoms with Crippen LogP contribution in [0, 0.1) is 6.92 Å². The first-order valence-corrected chi connectivity index (χ1v) is 7.70.